The van der Waals surface area contributed by atoms with Gasteiger partial charge in [0.1, 0.15) is 5.01 Å². The molecule has 2 amide bonds. The lowest BCUT2D eigenvalue weighted by Crippen LogP contribution is -2.24. The molecular weight excluding hydrogens is 444 g/mol. The molecule has 1 aliphatic heterocycles. The summed E-state index contributed by atoms with van der Waals surface area (Å²) in [6.07, 6.45) is 0.351. The number of rotatable bonds is 7. The minimum atomic E-state index is -0.388. The van der Waals surface area contributed by atoms with Crippen LogP contribution >= 0.6 is 11.3 Å². The van der Waals surface area contributed by atoms with Gasteiger partial charge in [-0.3, -0.25) is 14.9 Å². The Morgan fingerprint density at radius 3 is 2.33 bits per heavy atom. The Balaban J connectivity index is 1.47. The lowest BCUT2D eigenvalue weighted by Gasteiger charge is -2.16. The number of aryl methyl sites for hydroxylation is 1. The third-order valence-corrected chi connectivity index (χ3v) is 6.41. The van der Waals surface area contributed by atoms with Gasteiger partial charge in [0.25, 0.3) is 5.91 Å². The van der Waals surface area contributed by atoms with E-state index in [9.17, 15) is 9.59 Å². The van der Waals surface area contributed by atoms with Crippen LogP contribution in [-0.4, -0.2) is 49.9 Å². The Labute approximate surface area is 195 Å². The van der Waals surface area contributed by atoms with Gasteiger partial charge in [0, 0.05) is 30.1 Å². The van der Waals surface area contributed by atoms with Crippen LogP contribution < -0.4 is 24.4 Å². The Hall–Kier alpha value is -3.66. The van der Waals surface area contributed by atoms with Crippen molar-refractivity contribution in [3.8, 4) is 17.2 Å². The molecule has 172 valence electrons. The summed E-state index contributed by atoms with van der Waals surface area (Å²) in [6.45, 7) is 2.53. The van der Waals surface area contributed by atoms with Gasteiger partial charge in [-0.05, 0) is 31.2 Å². The molecule has 1 fully saturated rings. The molecule has 9 nitrogen and oxygen atoms in total. The molecule has 3 aromatic rings. The number of benzene rings is 2. The van der Waals surface area contributed by atoms with Crippen molar-refractivity contribution >= 4 is 34.0 Å². The van der Waals surface area contributed by atoms with Crippen LogP contribution in [0.25, 0.3) is 0 Å². The first kappa shape index (κ1) is 22.5. The number of methoxy groups -OCH3 is 3. The van der Waals surface area contributed by atoms with Gasteiger partial charge in [0.05, 0.1) is 21.3 Å². The van der Waals surface area contributed by atoms with Crippen molar-refractivity contribution in [1.29, 1.82) is 0 Å². The standard InChI is InChI=1S/C23H24N4O5S/c1-13-5-7-16(8-6-13)27-12-15(11-19(27)28)22-25-26-23(33-22)24-21(29)14-9-17(30-2)20(32-4)18(10-14)31-3/h5-10,15H,11-12H2,1-4H3,(H,24,26,29)/t15-/m0/s1. The van der Waals surface area contributed by atoms with E-state index in [2.05, 4.69) is 15.5 Å². The normalized spacial score (nSPS) is 15.5. The molecule has 2 heterocycles. The summed E-state index contributed by atoms with van der Waals surface area (Å²) in [7, 11) is 4.47. The fourth-order valence-electron chi connectivity index (χ4n) is 3.68. The van der Waals surface area contributed by atoms with E-state index >= 15 is 0 Å². The largest absolute Gasteiger partial charge is 0.493 e. The van der Waals surface area contributed by atoms with Gasteiger partial charge in [-0.2, -0.15) is 0 Å². The average Bonchev–Trinajstić information content (AvgIpc) is 3.45. The summed E-state index contributed by atoms with van der Waals surface area (Å²) >= 11 is 1.26. The highest BCUT2D eigenvalue weighted by Crippen LogP contribution is 2.39. The van der Waals surface area contributed by atoms with Gasteiger partial charge >= 0.3 is 0 Å². The van der Waals surface area contributed by atoms with Gasteiger partial charge in [0.15, 0.2) is 11.5 Å². The summed E-state index contributed by atoms with van der Waals surface area (Å²) in [5.74, 6) is 0.728. The Morgan fingerprint density at radius 2 is 1.73 bits per heavy atom. The zero-order valence-corrected chi connectivity index (χ0v) is 19.6. The number of carbonyl (C=O) groups excluding carboxylic acids is 2. The van der Waals surface area contributed by atoms with Crippen molar-refractivity contribution in [2.75, 3.05) is 38.1 Å². The molecular formula is C23H24N4O5S. The van der Waals surface area contributed by atoms with Crippen molar-refractivity contribution in [3.63, 3.8) is 0 Å². The second-order valence-electron chi connectivity index (χ2n) is 7.55. The van der Waals surface area contributed by atoms with Crippen molar-refractivity contribution in [2.24, 2.45) is 0 Å². The average molecular weight is 469 g/mol. The van der Waals surface area contributed by atoms with E-state index in [-0.39, 0.29) is 17.7 Å². The molecule has 1 saturated heterocycles. The number of aromatic nitrogens is 2. The second-order valence-corrected chi connectivity index (χ2v) is 8.56. The molecule has 1 N–H and O–H groups in total. The maximum atomic E-state index is 12.8. The number of nitrogens with one attached hydrogen (secondary N) is 1. The molecule has 1 atom stereocenters. The minimum Gasteiger partial charge on any atom is -0.493 e. The molecule has 1 aliphatic rings. The molecule has 0 saturated carbocycles. The summed E-state index contributed by atoms with van der Waals surface area (Å²) in [5, 5.41) is 12.1. The third kappa shape index (κ3) is 4.61. The van der Waals surface area contributed by atoms with Gasteiger partial charge in [0.2, 0.25) is 16.8 Å². The molecule has 0 bridgehead atoms. The first-order valence-electron chi connectivity index (χ1n) is 10.2. The SMILES string of the molecule is COc1cc(C(=O)Nc2nnc([C@H]3CC(=O)N(c4ccc(C)cc4)C3)s2)cc(OC)c1OC. The minimum absolute atomic E-state index is 0.0436. The van der Waals surface area contributed by atoms with E-state index in [0.29, 0.717) is 45.9 Å². The van der Waals surface area contributed by atoms with Crippen LogP contribution in [0.2, 0.25) is 0 Å². The van der Waals surface area contributed by atoms with E-state index in [0.717, 1.165) is 11.3 Å². The van der Waals surface area contributed by atoms with Crippen molar-refractivity contribution in [1.82, 2.24) is 10.2 Å². The van der Waals surface area contributed by atoms with Gasteiger partial charge < -0.3 is 19.1 Å². The Morgan fingerprint density at radius 1 is 1.06 bits per heavy atom. The van der Waals surface area contributed by atoms with Crippen LogP contribution in [0.1, 0.15) is 33.3 Å². The van der Waals surface area contributed by atoms with E-state index in [4.69, 9.17) is 14.2 Å². The Kier molecular flexibility index (Phi) is 6.45. The second kappa shape index (κ2) is 9.45. The summed E-state index contributed by atoms with van der Waals surface area (Å²) in [6, 6.07) is 11.0. The topological polar surface area (TPSA) is 103 Å². The summed E-state index contributed by atoms with van der Waals surface area (Å²) in [4.78, 5) is 27.1. The van der Waals surface area contributed by atoms with Crippen LogP contribution in [-0.2, 0) is 4.79 Å². The first-order valence-corrected chi connectivity index (χ1v) is 11.1. The fraction of sp³-hybridized carbons (Fsp3) is 0.304. The monoisotopic (exact) mass is 468 g/mol. The lowest BCUT2D eigenvalue weighted by molar-refractivity contribution is -0.117. The van der Waals surface area contributed by atoms with Gasteiger partial charge in [-0.15, -0.1) is 10.2 Å². The van der Waals surface area contributed by atoms with Crippen LogP contribution in [0.5, 0.6) is 17.2 Å². The first-order chi connectivity index (χ1) is 15.9. The molecule has 2 aromatic carbocycles. The fourth-order valence-corrected chi connectivity index (χ4v) is 4.51. The molecule has 0 spiro atoms. The van der Waals surface area contributed by atoms with Gasteiger partial charge in [-0.25, -0.2) is 0 Å². The van der Waals surface area contributed by atoms with Crippen molar-refractivity contribution in [3.05, 3.63) is 52.5 Å². The highest BCUT2D eigenvalue weighted by molar-refractivity contribution is 7.15. The quantitative estimate of drug-likeness (QED) is 0.565. The highest BCUT2D eigenvalue weighted by Gasteiger charge is 2.34. The number of hydrogen-bond donors (Lipinski definition) is 1. The van der Waals surface area contributed by atoms with Crippen LogP contribution in [0.4, 0.5) is 10.8 Å². The predicted octanol–water partition coefficient (Wildman–Crippen LogP) is 3.65. The highest BCUT2D eigenvalue weighted by atomic mass is 32.1. The molecule has 0 radical (unpaired) electrons. The molecule has 0 aliphatic carbocycles. The van der Waals surface area contributed by atoms with E-state index in [1.165, 1.54) is 32.7 Å². The summed E-state index contributed by atoms with van der Waals surface area (Å²) in [5.41, 5.74) is 2.33. The van der Waals surface area contributed by atoms with E-state index in [1.54, 1.807) is 17.0 Å². The molecule has 1 aromatic heterocycles. The number of ether oxygens (including phenoxy) is 3. The maximum Gasteiger partial charge on any atom is 0.257 e. The molecule has 33 heavy (non-hydrogen) atoms. The molecule has 10 heteroatoms. The number of anilines is 2. The number of amides is 2. The maximum absolute atomic E-state index is 12.8. The van der Waals surface area contributed by atoms with E-state index < -0.39 is 0 Å². The molecule has 0 unspecified atom stereocenters. The number of nitrogens with zero attached hydrogens (tertiary/aromatic N) is 3. The van der Waals surface area contributed by atoms with Crippen molar-refractivity contribution < 1.29 is 23.8 Å². The number of hydrogen-bond acceptors (Lipinski definition) is 8. The smallest absolute Gasteiger partial charge is 0.257 e. The zero-order chi connectivity index (χ0) is 23.5. The predicted molar refractivity (Wildman–Crippen MR) is 125 cm³/mol. The third-order valence-electron chi connectivity index (χ3n) is 5.41. The zero-order valence-electron chi connectivity index (χ0n) is 18.7. The Bertz CT molecular complexity index is 1150. The van der Waals surface area contributed by atoms with Crippen molar-refractivity contribution in [2.45, 2.75) is 19.3 Å². The van der Waals surface area contributed by atoms with Crippen LogP contribution in [0, 0.1) is 6.92 Å². The lowest BCUT2D eigenvalue weighted by atomic mass is 10.1. The summed E-state index contributed by atoms with van der Waals surface area (Å²) < 4.78 is 15.9. The van der Waals surface area contributed by atoms with Crippen LogP contribution in [0.3, 0.4) is 0 Å². The molecule has 4 rings (SSSR count). The van der Waals surface area contributed by atoms with Gasteiger partial charge in [-0.1, -0.05) is 29.0 Å². The van der Waals surface area contributed by atoms with Crippen LogP contribution in [0.15, 0.2) is 36.4 Å². The van der Waals surface area contributed by atoms with E-state index in [1.807, 2.05) is 31.2 Å². The number of carbonyl (C=O) groups is 2.